The van der Waals surface area contributed by atoms with Crippen LogP contribution in [0.5, 0.6) is 0 Å². The van der Waals surface area contributed by atoms with E-state index in [0.29, 0.717) is 25.0 Å². The van der Waals surface area contributed by atoms with Crippen molar-refractivity contribution in [1.82, 2.24) is 0 Å². The van der Waals surface area contributed by atoms with Crippen LogP contribution in [-0.2, 0) is 9.68 Å². The Labute approximate surface area is 98.8 Å². The number of rotatable bonds is 10. The largest absolute Gasteiger partial charge is 0.477 e. The van der Waals surface area contributed by atoms with Crippen LogP contribution in [-0.4, -0.2) is 18.3 Å². The SMILES string of the molecule is CC(C)CCCO[N+](=O)OCCCC(C)C. The monoisotopic (exact) mass is 232 g/mol. The van der Waals surface area contributed by atoms with Crippen LogP contribution < -0.4 is 0 Å². The van der Waals surface area contributed by atoms with Crippen molar-refractivity contribution in [2.75, 3.05) is 13.2 Å². The van der Waals surface area contributed by atoms with Crippen molar-refractivity contribution in [1.29, 1.82) is 0 Å². The molecule has 0 bridgehead atoms. The smallest absolute Gasteiger partial charge is 0.187 e. The molecule has 0 N–H and O–H groups in total. The Hall–Kier alpha value is -0.800. The molecule has 0 aliphatic heterocycles. The van der Waals surface area contributed by atoms with E-state index in [0.717, 1.165) is 25.7 Å². The van der Waals surface area contributed by atoms with E-state index in [2.05, 4.69) is 27.7 Å². The number of nitrogens with zero attached hydrogens (tertiary/aromatic N) is 1. The van der Waals surface area contributed by atoms with E-state index < -0.39 is 0 Å². The molecule has 0 aliphatic carbocycles. The first kappa shape index (κ1) is 15.2. The second-order valence-electron chi connectivity index (χ2n) is 4.96. The third-order valence-electron chi connectivity index (χ3n) is 2.25. The van der Waals surface area contributed by atoms with Gasteiger partial charge in [-0.15, -0.1) is 0 Å². The Morgan fingerprint density at radius 2 is 1.25 bits per heavy atom. The molecule has 4 heteroatoms. The molecular weight excluding hydrogens is 206 g/mol. The third kappa shape index (κ3) is 11.3. The fraction of sp³-hybridized carbons (Fsp3) is 1.00. The van der Waals surface area contributed by atoms with Crippen molar-refractivity contribution in [2.24, 2.45) is 11.8 Å². The van der Waals surface area contributed by atoms with Gasteiger partial charge in [0.15, 0.2) is 13.2 Å². The molecule has 0 radical (unpaired) electrons. The lowest BCUT2D eigenvalue weighted by Crippen LogP contribution is -2.13. The predicted octanol–water partition coefficient (Wildman–Crippen LogP) is 3.50. The highest BCUT2D eigenvalue weighted by atomic mass is 17.0. The van der Waals surface area contributed by atoms with Gasteiger partial charge in [0.1, 0.15) is 4.91 Å². The van der Waals surface area contributed by atoms with Crippen LogP contribution in [0.4, 0.5) is 0 Å². The van der Waals surface area contributed by atoms with Gasteiger partial charge in [0.25, 0.3) is 0 Å². The van der Waals surface area contributed by atoms with Gasteiger partial charge in [0.2, 0.25) is 0 Å². The molecule has 96 valence electrons. The Morgan fingerprint density at radius 1 is 0.875 bits per heavy atom. The maximum atomic E-state index is 11.0. The summed E-state index contributed by atoms with van der Waals surface area (Å²) < 4.78 is 0. The van der Waals surface area contributed by atoms with Crippen molar-refractivity contribution >= 4 is 0 Å². The van der Waals surface area contributed by atoms with E-state index in [1.54, 1.807) is 0 Å². The van der Waals surface area contributed by atoms with E-state index >= 15 is 0 Å². The number of hydrogen-bond donors (Lipinski definition) is 0. The molecule has 0 aliphatic rings. The van der Waals surface area contributed by atoms with E-state index in [9.17, 15) is 4.91 Å². The van der Waals surface area contributed by atoms with Crippen molar-refractivity contribution in [3.8, 4) is 0 Å². The summed E-state index contributed by atoms with van der Waals surface area (Å²) >= 11 is 0. The van der Waals surface area contributed by atoms with Crippen molar-refractivity contribution in [2.45, 2.75) is 53.4 Å². The summed E-state index contributed by atoms with van der Waals surface area (Å²) in [6, 6.07) is 0. The molecule has 0 fully saturated rings. The Bertz CT molecular complexity index is 163. The van der Waals surface area contributed by atoms with Crippen LogP contribution in [0.2, 0.25) is 0 Å². The van der Waals surface area contributed by atoms with E-state index in [1.165, 1.54) is 0 Å². The minimum Gasteiger partial charge on any atom is -0.187 e. The zero-order chi connectivity index (χ0) is 12.4. The highest BCUT2D eigenvalue weighted by molar-refractivity contribution is 4.43. The fourth-order valence-electron chi connectivity index (χ4n) is 1.30. The van der Waals surface area contributed by atoms with Crippen LogP contribution in [0, 0.1) is 16.7 Å². The standard InChI is InChI=1S/C12H26NO3/c1-11(2)7-5-9-15-13(14)16-10-6-8-12(3)4/h11-12H,5-10H2,1-4H3/q+1. The van der Waals surface area contributed by atoms with Crippen molar-refractivity contribution in [3.05, 3.63) is 4.91 Å². The molecule has 0 atom stereocenters. The average molecular weight is 232 g/mol. The lowest BCUT2D eigenvalue weighted by atomic mass is 10.1. The first-order valence-electron chi connectivity index (χ1n) is 6.25. The Morgan fingerprint density at radius 3 is 1.56 bits per heavy atom. The molecule has 0 heterocycles. The second-order valence-corrected chi connectivity index (χ2v) is 4.96. The Balaban J connectivity index is 3.25. The average Bonchev–Trinajstić information content (AvgIpc) is 2.19. The highest BCUT2D eigenvalue weighted by Crippen LogP contribution is 2.04. The molecule has 0 aromatic carbocycles. The van der Waals surface area contributed by atoms with E-state index in [-0.39, 0.29) is 5.09 Å². The van der Waals surface area contributed by atoms with Crippen LogP contribution >= 0.6 is 0 Å². The van der Waals surface area contributed by atoms with Gasteiger partial charge in [-0.25, -0.2) is 0 Å². The van der Waals surface area contributed by atoms with Crippen LogP contribution in [0.3, 0.4) is 0 Å². The van der Waals surface area contributed by atoms with Gasteiger partial charge in [-0.2, -0.15) is 9.68 Å². The Kier molecular flexibility index (Phi) is 8.96. The first-order chi connectivity index (χ1) is 7.52. The van der Waals surface area contributed by atoms with Gasteiger partial charge >= 0.3 is 5.09 Å². The lowest BCUT2D eigenvalue weighted by Gasteiger charge is -2.01. The van der Waals surface area contributed by atoms with Gasteiger partial charge in [-0.05, 0) is 37.5 Å². The molecular formula is C12H26NO3+. The molecule has 0 saturated carbocycles. The highest BCUT2D eigenvalue weighted by Gasteiger charge is 2.11. The van der Waals surface area contributed by atoms with Gasteiger partial charge in [0.05, 0.1) is 0 Å². The summed E-state index contributed by atoms with van der Waals surface area (Å²) in [6.45, 7) is 9.47. The topological polar surface area (TPSA) is 38.5 Å². The van der Waals surface area contributed by atoms with E-state index in [1.807, 2.05) is 0 Å². The molecule has 0 rings (SSSR count). The minimum absolute atomic E-state index is 0.251. The van der Waals surface area contributed by atoms with E-state index in [4.69, 9.17) is 9.68 Å². The molecule has 0 spiro atoms. The minimum atomic E-state index is 0.251. The van der Waals surface area contributed by atoms with Crippen LogP contribution in [0.15, 0.2) is 0 Å². The van der Waals surface area contributed by atoms with Gasteiger partial charge in [0, 0.05) is 0 Å². The summed E-state index contributed by atoms with van der Waals surface area (Å²) in [5.41, 5.74) is 0. The summed E-state index contributed by atoms with van der Waals surface area (Å²) in [5, 5.41) is 0.251. The second kappa shape index (κ2) is 9.43. The quantitative estimate of drug-likeness (QED) is 0.427. The zero-order valence-corrected chi connectivity index (χ0v) is 11.1. The van der Waals surface area contributed by atoms with Gasteiger partial charge < -0.3 is 0 Å². The van der Waals surface area contributed by atoms with Crippen molar-refractivity contribution in [3.63, 3.8) is 0 Å². The summed E-state index contributed by atoms with van der Waals surface area (Å²) in [5.74, 6) is 1.30. The maximum Gasteiger partial charge on any atom is 0.477 e. The maximum absolute atomic E-state index is 11.0. The summed E-state index contributed by atoms with van der Waals surface area (Å²) in [7, 11) is 0. The molecule has 0 unspecified atom stereocenters. The number of hydrogen-bond acceptors (Lipinski definition) is 3. The molecule has 4 nitrogen and oxygen atoms in total. The van der Waals surface area contributed by atoms with Crippen LogP contribution in [0.25, 0.3) is 0 Å². The fourth-order valence-corrected chi connectivity index (χ4v) is 1.30. The third-order valence-corrected chi connectivity index (χ3v) is 2.25. The normalized spacial score (nSPS) is 10.9. The van der Waals surface area contributed by atoms with Crippen molar-refractivity contribution < 1.29 is 14.8 Å². The lowest BCUT2D eigenvalue weighted by molar-refractivity contribution is -0.981. The molecule has 0 amide bonds. The zero-order valence-electron chi connectivity index (χ0n) is 11.1. The molecule has 0 aromatic rings. The van der Waals surface area contributed by atoms with Crippen LogP contribution in [0.1, 0.15) is 53.4 Å². The summed E-state index contributed by atoms with van der Waals surface area (Å²) in [4.78, 5) is 20.7. The first-order valence-corrected chi connectivity index (χ1v) is 6.25. The molecule has 0 aromatic heterocycles. The van der Waals surface area contributed by atoms with Gasteiger partial charge in [-0.3, -0.25) is 0 Å². The summed E-state index contributed by atoms with van der Waals surface area (Å²) in [6.07, 6.45) is 3.93. The molecule has 16 heavy (non-hydrogen) atoms. The predicted molar refractivity (Wildman–Crippen MR) is 63.7 cm³/mol. The molecule has 0 saturated heterocycles. The van der Waals surface area contributed by atoms with Gasteiger partial charge in [-0.1, -0.05) is 27.7 Å².